The Balaban J connectivity index is 5.04. The van der Waals surface area contributed by atoms with E-state index in [-0.39, 0.29) is 0 Å². The summed E-state index contributed by atoms with van der Waals surface area (Å²) in [7, 11) is 0. The second kappa shape index (κ2) is 5.54. The molecule has 5 nitrogen and oxygen atoms in total. The molecular weight excluding hydrogens is 188 g/mol. The SMILES string of the molecule is CC(=O)C(C(=O)C=C=O)C(=O)C=C=O. The normalized spacial score (nSPS) is 10.4. The fraction of sp³-hybridized carbons (Fsp3) is 0.222. The van der Waals surface area contributed by atoms with Crippen molar-refractivity contribution in [3.63, 3.8) is 0 Å². The van der Waals surface area contributed by atoms with Crippen molar-refractivity contribution in [2.24, 2.45) is 5.92 Å². The molecule has 0 fully saturated rings. The highest BCUT2D eigenvalue weighted by atomic mass is 16.2. The van der Waals surface area contributed by atoms with Crippen LogP contribution >= 0.6 is 0 Å². The van der Waals surface area contributed by atoms with Crippen molar-refractivity contribution >= 4 is 29.2 Å². The second-order valence-electron chi connectivity index (χ2n) is 2.37. The molecule has 0 aliphatic carbocycles. The molecule has 0 aliphatic rings. The van der Waals surface area contributed by atoms with Gasteiger partial charge in [-0.3, -0.25) is 14.4 Å². The molecule has 14 heavy (non-hydrogen) atoms. The summed E-state index contributed by atoms with van der Waals surface area (Å²) in [6.45, 7) is 1.01. The minimum Gasteiger partial charge on any atom is -0.299 e. The number of ketones is 3. The summed E-state index contributed by atoms with van der Waals surface area (Å²) in [6.07, 6.45) is 0.894. The van der Waals surface area contributed by atoms with Gasteiger partial charge in [-0.15, -0.1) is 0 Å². The van der Waals surface area contributed by atoms with Crippen LogP contribution in [-0.4, -0.2) is 29.2 Å². The molecule has 0 atom stereocenters. The molecule has 5 heteroatoms. The largest absolute Gasteiger partial charge is 0.299 e. The molecule has 0 rings (SSSR count). The lowest BCUT2D eigenvalue weighted by Crippen LogP contribution is -2.28. The van der Waals surface area contributed by atoms with Gasteiger partial charge in [0.25, 0.3) is 0 Å². The Kier molecular flexibility index (Phi) is 4.71. The third-order valence-electron chi connectivity index (χ3n) is 1.38. The van der Waals surface area contributed by atoms with E-state index in [1.54, 1.807) is 0 Å². The van der Waals surface area contributed by atoms with Crippen LogP contribution in [0.2, 0.25) is 0 Å². The van der Waals surface area contributed by atoms with Crippen molar-refractivity contribution in [2.75, 3.05) is 0 Å². The molecule has 0 aromatic carbocycles. The highest BCUT2D eigenvalue weighted by Crippen LogP contribution is 2.03. The first-order valence-electron chi connectivity index (χ1n) is 3.54. The van der Waals surface area contributed by atoms with Crippen LogP contribution < -0.4 is 0 Å². The van der Waals surface area contributed by atoms with Crippen molar-refractivity contribution < 1.29 is 24.0 Å². The number of rotatable bonds is 5. The summed E-state index contributed by atoms with van der Waals surface area (Å²) >= 11 is 0. The summed E-state index contributed by atoms with van der Waals surface area (Å²) in [6, 6.07) is 0. The van der Waals surface area contributed by atoms with Gasteiger partial charge in [-0.05, 0) is 6.92 Å². The second-order valence-corrected chi connectivity index (χ2v) is 2.37. The van der Waals surface area contributed by atoms with Gasteiger partial charge in [0.05, 0.1) is 12.2 Å². The fourth-order valence-corrected chi connectivity index (χ4v) is 0.824. The number of hydrogen-bond donors (Lipinski definition) is 0. The van der Waals surface area contributed by atoms with Gasteiger partial charge in [0, 0.05) is 0 Å². The van der Waals surface area contributed by atoms with Crippen molar-refractivity contribution in [1.29, 1.82) is 0 Å². The zero-order chi connectivity index (χ0) is 11.1. The predicted octanol–water partition coefficient (Wildman–Crippen LogP) is -0.895. The molecule has 0 amide bonds. The molecule has 72 valence electrons. The quantitative estimate of drug-likeness (QED) is 0.322. The Hall–Kier alpha value is -2.09. The van der Waals surface area contributed by atoms with Gasteiger partial charge in [0.2, 0.25) is 0 Å². The van der Waals surface area contributed by atoms with Crippen LogP contribution in [0.5, 0.6) is 0 Å². The standard InChI is InChI=1S/C9H6O5/c1-6(12)9(7(13)2-4-10)8(14)3-5-11/h2-3,9H,1H3. The average molecular weight is 194 g/mol. The molecule has 0 spiro atoms. The molecule has 0 unspecified atom stereocenters. The van der Waals surface area contributed by atoms with E-state index in [4.69, 9.17) is 0 Å². The van der Waals surface area contributed by atoms with Gasteiger partial charge in [-0.1, -0.05) is 0 Å². The zero-order valence-corrected chi connectivity index (χ0v) is 7.27. The van der Waals surface area contributed by atoms with E-state index >= 15 is 0 Å². The number of carbonyl (C=O) groups excluding carboxylic acids is 5. The van der Waals surface area contributed by atoms with Gasteiger partial charge in [0.15, 0.2) is 11.6 Å². The first-order valence-corrected chi connectivity index (χ1v) is 3.54. The topological polar surface area (TPSA) is 85.3 Å². The van der Waals surface area contributed by atoms with Crippen molar-refractivity contribution in [3.8, 4) is 0 Å². The third-order valence-corrected chi connectivity index (χ3v) is 1.38. The molecule has 0 aliphatic heterocycles. The van der Waals surface area contributed by atoms with Crippen LogP contribution in [0.15, 0.2) is 12.2 Å². The zero-order valence-electron chi connectivity index (χ0n) is 7.27. The van der Waals surface area contributed by atoms with Gasteiger partial charge in [-0.25, -0.2) is 9.59 Å². The van der Waals surface area contributed by atoms with Crippen LogP contribution in [0, 0.1) is 5.92 Å². The third kappa shape index (κ3) is 3.11. The highest BCUT2D eigenvalue weighted by molar-refractivity contribution is 6.26. The number of hydrogen-bond acceptors (Lipinski definition) is 5. The molecule has 0 N–H and O–H groups in total. The van der Waals surface area contributed by atoms with Crippen molar-refractivity contribution in [1.82, 2.24) is 0 Å². The minimum atomic E-state index is -1.63. The van der Waals surface area contributed by atoms with E-state index < -0.39 is 23.3 Å². The van der Waals surface area contributed by atoms with E-state index in [9.17, 15) is 24.0 Å². The number of carbonyl (C=O) groups is 3. The predicted molar refractivity (Wildman–Crippen MR) is 44.7 cm³/mol. The maximum Gasteiger partial charge on any atom is 0.184 e. The van der Waals surface area contributed by atoms with Gasteiger partial charge >= 0.3 is 0 Å². The fourth-order valence-electron chi connectivity index (χ4n) is 0.824. The summed E-state index contributed by atoms with van der Waals surface area (Å²) in [5, 5.41) is 0. The Morgan fingerprint density at radius 2 is 1.36 bits per heavy atom. The van der Waals surface area contributed by atoms with Crippen molar-refractivity contribution in [3.05, 3.63) is 12.2 Å². The summed E-state index contributed by atoms with van der Waals surface area (Å²) in [5.74, 6) is -2.01. The number of allylic oxidation sites excluding steroid dienone is 2. The molecule has 0 aromatic rings. The van der Waals surface area contributed by atoms with Gasteiger partial charge in [0.1, 0.15) is 23.6 Å². The highest BCUT2D eigenvalue weighted by Gasteiger charge is 2.28. The maximum atomic E-state index is 11.0. The van der Waals surface area contributed by atoms with E-state index in [0.29, 0.717) is 12.2 Å². The lowest BCUT2D eigenvalue weighted by atomic mass is 9.95. The van der Waals surface area contributed by atoms with E-state index in [1.165, 1.54) is 0 Å². The van der Waals surface area contributed by atoms with Gasteiger partial charge in [-0.2, -0.15) is 0 Å². The molecule has 0 radical (unpaired) electrons. The van der Waals surface area contributed by atoms with Crippen molar-refractivity contribution in [2.45, 2.75) is 6.92 Å². The first-order chi connectivity index (χ1) is 6.54. The molecular formula is C9H6O5. The van der Waals surface area contributed by atoms with E-state index in [1.807, 2.05) is 0 Å². The Bertz CT molecular complexity index is 337. The number of Topliss-reactive ketones (excluding diaryl/α,β-unsaturated/α-hetero) is 1. The minimum absolute atomic E-state index is 0.447. The summed E-state index contributed by atoms with van der Waals surface area (Å²) < 4.78 is 0. The molecule has 0 aromatic heterocycles. The molecule has 0 saturated carbocycles. The van der Waals surface area contributed by atoms with Crippen LogP contribution in [-0.2, 0) is 24.0 Å². The summed E-state index contributed by atoms with van der Waals surface area (Å²) in [5.41, 5.74) is 0. The average Bonchev–Trinajstić information content (AvgIpc) is 2.04. The first kappa shape index (κ1) is 11.9. The maximum absolute atomic E-state index is 11.0. The van der Waals surface area contributed by atoms with E-state index in [0.717, 1.165) is 18.8 Å². The van der Waals surface area contributed by atoms with Crippen LogP contribution in [0.1, 0.15) is 6.92 Å². The monoisotopic (exact) mass is 194 g/mol. The Labute approximate surface area is 79.1 Å². The van der Waals surface area contributed by atoms with Crippen LogP contribution in [0.3, 0.4) is 0 Å². The van der Waals surface area contributed by atoms with Gasteiger partial charge < -0.3 is 0 Å². The lowest BCUT2D eigenvalue weighted by Gasteiger charge is -2.03. The summed E-state index contributed by atoms with van der Waals surface area (Å²) in [4.78, 5) is 52.4. The smallest absolute Gasteiger partial charge is 0.184 e. The van der Waals surface area contributed by atoms with E-state index in [2.05, 4.69) is 0 Å². The Morgan fingerprint density at radius 3 is 1.57 bits per heavy atom. The Morgan fingerprint density at radius 1 is 1.00 bits per heavy atom. The molecule has 0 saturated heterocycles. The van der Waals surface area contributed by atoms with Crippen LogP contribution in [0.25, 0.3) is 0 Å². The van der Waals surface area contributed by atoms with Crippen LogP contribution in [0.4, 0.5) is 0 Å². The molecule has 0 bridgehead atoms. The lowest BCUT2D eigenvalue weighted by molar-refractivity contribution is -0.135. The molecule has 0 heterocycles.